The predicted octanol–water partition coefficient (Wildman–Crippen LogP) is 4.33. The Hall–Kier alpha value is -3.43. The van der Waals surface area contributed by atoms with E-state index in [0.29, 0.717) is 0 Å². The third-order valence-corrected chi connectivity index (χ3v) is 4.72. The van der Waals surface area contributed by atoms with Crippen molar-refractivity contribution in [3.63, 3.8) is 0 Å². The van der Waals surface area contributed by atoms with Crippen molar-refractivity contribution in [2.45, 2.75) is 19.0 Å². The molecule has 1 aliphatic rings. The number of ether oxygens (including phenoxy) is 3. The van der Waals surface area contributed by atoms with Crippen LogP contribution in [0.15, 0.2) is 30.3 Å². The van der Waals surface area contributed by atoms with Crippen molar-refractivity contribution < 1.29 is 37.0 Å². The van der Waals surface area contributed by atoms with Crippen molar-refractivity contribution in [2.24, 2.45) is 5.92 Å². The lowest BCUT2D eigenvalue weighted by molar-refractivity contribution is -0.137. The SMILES string of the molecule is COc1cc(C(=O)Nc2ccc(NC(=O)C3CC3)cc2C(F)(F)F)cc(OC)c1OC. The Morgan fingerprint density at radius 2 is 1.55 bits per heavy atom. The summed E-state index contributed by atoms with van der Waals surface area (Å²) in [6, 6.07) is 5.86. The monoisotopic (exact) mass is 438 g/mol. The van der Waals surface area contributed by atoms with Gasteiger partial charge in [-0.05, 0) is 43.2 Å². The van der Waals surface area contributed by atoms with E-state index in [1.807, 2.05) is 0 Å². The fourth-order valence-corrected chi connectivity index (χ4v) is 2.96. The van der Waals surface area contributed by atoms with Crippen LogP contribution in [0.4, 0.5) is 24.5 Å². The van der Waals surface area contributed by atoms with Gasteiger partial charge in [-0.3, -0.25) is 9.59 Å². The summed E-state index contributed by atoms with van der Waals surface area (Å²) in [5.74, 6) is -0.675. The van der Waals surface area contributed by atoms with Crippen LogP contribution in [0.2, 0.25) is 0 Å². The van der Waals surface area contributed by atoms with E-state index >= 15 is 0 Å². The smallest absolute Gasteiger partial charge is 0.418 e. The molecular weight excluding hydrogens is 417 g/mol. The van der Waals surface area contributed by atoms with Crippen LogP contribution >= 0.6 is 0 Å². The second-order valence-corrected chi connectivity index (χ2v) is 6.89. The number of carbonyl (C=O) groups is 2. The van der Waals surface area contributed by atoms with Gasteiger partial charge in [-0.25, -0.2) is 0 Å². The van der Waals surface area contributed by atoms with E-state index in [0.717, 1.165) is 25.0 Å². The van der Waals surface area contributed by atoms with E-state index in [-0.39, 0.29) is 40.3 Å². The highest BCUT2D eigenvalue weighted by Crippen LogP contribution is 2.40. The largest absolute Gasteiger partial charge is 0.493 e. The zero-order chi connectivity index (χ0) is 22.8. The van der Waals surface area contributed by atoms with Gasteiger partial charge in [0.1, 0.15) is 0 Å². The summed E-state index contributed by atoms with van der Waals surface area (Å²) < 4.78 is 56.3. The molecule has 2 aromatic rings. The van der Waals surface area contributed by atoms with E-state index in [4.69, 9.17) is 14.2 Å². The molecule has 0 unspecified atom stereocenters. The second-order valence-electron chi connectivity index (χ2n) is 6.89. The molecule has 2 N–H and O–H groups in total. The standard InChI is InChI=1S/C21H21F3N2O5/c1-29-16-8-12(9-17(30-2)18(16)31-3)20(28)26-15-7-6-13(10-14(15)21(22,23)24)25-19(27)11-4-5-11/h6-11H,4-5H2,1-3H3,(H,25,27)(H,26,28). The molecule has 0 heterocycles. The minimum absolute atomic E-state index is 0.00809. The molecule has 3 rings (SSSR count). The van der Waals surface area contributed by atoms with Gasteiger partial charge in [0.25, 0.3) is 5.91 Å². The molecule has 0 saturated heterocycles. The van der Waals surface area contributed by atoms with Gasteiger partial charge in [0.05, 0.1) is 32.6 Å². The molecule has 0 atom stereocenters. The van der Waals surface area contributed by atoms with E-state index in [1.165, 1.54) is 39.5 Å². The average molecular weight is 438 g/mol. The summed E-state index contributed by atoms with van der Waals surface area (Å²) in [5, 5.41) is 4.74. The number of nitrogens with one attached hydrogen (secondary N) is 2. The maximum Gasteiger partial charge on any atom is 0.418 e. The first-order valence-corrected chi connectivity index (χ1v) is 9.31. The molecule has 0 radical (unpaired) electrons. The van der Waals surface area contributed by atoms with Gasteiger partial charge < -0.3 is 24.8 Å². The van der Waals surface area contributed by atoms with E-state index in [9.17, 15) is 22.8 Å². The van der Waals surface area contributed by atoms with Crippen molar-refractivity contribution >= 4 is 23.2 Å². The molecule has 10 heteroatoms. The van der Waals surface area contributed by atoms with Crippen LogP contribution in [-0.2, 0) is 11.0 Å². The highest BCUT2D eigenvalue weighted by atomic mass is 19.4. The molecule has 1 aliphatic carbocycles. The van der Waals surface area contributed by atoms with Gasteiger partial charge in [-0.15, -0.1) is 0 Å². The van der Waals surface area contributed by atoms with Crippen LogP contribution in [0.5, 0.6) is 17.2 Å². The van der Waals surface area contributed by atoms with Crippen molar-refractivity contribution in [1.82, 2.24) is 0 Å². The Bertz CT molecular complexity index is 978. The van der Waals surface area contributed by atoms with Crippen molar-refractivity contribution in [2.75, 3.05) is 32.0 Å². The lowest BCUT2D eigenvalue weighted by Crippen LogP contribution is -2.18. The normalized spacial score (nSPS) is 13.4. The van der Waals surface area contributed by atoms with Gasteiger partial charge in [0.2, 0.25) is 11.7 Å². The fourth-order valence-electron chi connectivity index (χ4n) is 2.96. The third-order valence-electron chi connectivity index (χ3n) is 4.72. The zero-order valence-electron chi connectivity index (χ0n) is 17.1. The number of rotatable bonds is 7. The highest BCUT2D eigenvalue weighted by Gasteiger charge is 2.35. The quantitative estimate of drug-likeness (QED) is 0.672. The Labute approximate surface area is 176 Å². The molecule has 2 aromatic carbocycles. The summed E-state index contributed by atoms with van der Waals surface area (Å²) in [5.41, 5.74) is -1.51. The van der Waals surface area contributed by atoms with Gasteiger partial charge in [0, 0.05) is 17.2 Å². The number of alkyl halides is 3. The summed E-state index contributed by atoms with van der Waals surface area (Å²) >= 11 is 0. The molecule has 2 amide bonds. The van der Waals surface area contributed by atoms with Crippen LogP contribution in [0, 0.1) is 5.92 Å². The first kappa shape index (κ1) is 22.3. The number of anilines is 2. The molecule has 1 saturated carbocycles. The molecule has 0 aliphatic heterocycles. The van der Waals surface area contributed by atoms with Crippen molar-refractivity contribution in [1.29, 1.82) is 0 Å². The Balaban J connectivity index is 1.90. The van der Waals surface area contributed by atoms with Gasteiger partial charge in [0.15, 0.2) is 11.5 Å². The lowest BCUT2D eigenvalue weighted by atomic mass is 10.1. The number of amides is 2. The molecular formula is C21H21F3N2O5. The molecule has 0 bridgehead atoms. The Kier molecular flexibility index (Phi) is 6.28. The molecule has 31 heavy (non-hydrogen) atoms. The number of methoxy groups -OCH3 is 3. The van der Waals surface area contributed by atoms with Crippen LogP contribution in [0.25, 0.3) is 0 Å². The lowest BCUT2D eigenvalue weighted by Gasteiger charge is -2.17. The first-order valence-electron chi connectivity index (χ1n) is 9.31. The van der Waals surface area contributed by atoms with E-state index < -0.39 is 23.3 Å². The molecule has 0 aromatic heterocycles. The zero-order valence-corrected chi connectivity index (χ0v) is 17.1. The molecule has 1 fully saturated rings. The Morgan fingerprint density at radius 1 is 0.935 bits per heavy atom. The van der Waals surface area contributed by atoms with E-state index in [2.05, 4.69) is 10.6 Å². The predicted molar refractivity (Wildman–Crippen MR) is 107 cm³/mol. The summed E-state index contributed by atoms with van der Waals surface area (Å²) in [4.78, 5) is 24.5. The maximum atomic E-state index is 13.6. The fraction of sp³-hybridized carbons (Fsp3) is 0.333. The summed E-state index contributed by atoms with van der Waals surface area (Å²) in [6.07, 6.45) is -3.31. The number of halogens is 3. The Morgan fingerprint density at radius 3 is 2.03 bits per heavy atom. The summed E-state index contributed by atoms with van der Waals surface area (Å²) in [6.45, 7) is 0. The molecule has 0 spiro atoms. The van der Waals surface area contributed by atoms with E-state index in [1.54, 1.807) is 0 Å². The van der Waals surface area contributed by atoms with Gasteiger partial charge in [-0.1, -0.05) is 0 Å². The highest BCUT2D eigenvalue weighted by molar-refractivity contribution is 6.05. The molecule has 166 valence electrons. The number of hydrogen-bond donors (Lipinski definition) is 2. The summed E-state index contributed by atoms with van der Waals surface area (Å²) in [7, 11) is 4.10. The minimum Gasteiger partial charge on any atom is -0.493 e. The topological polar surface area (TPSA) is 85.9 Å². The van der Waals surface area contributed by atoms with Crippen LogP contribution in [0.1, 0.15) is 28.8 Å². The number of hydrogen-bond acceptors (Lipinski definition) is 5. The van der Waals surface area contributed by atoms with Crippen LogP contribution < -0.4 is 24.8 Å². The van der Waals surface area contributed by atoms with Gasteiger partial charge in [-0.2, -0.15) is 13.2 Å². The first-order chi connectivity index (χ1) is 14.7. The van der Waals surface area contributed by atoms with Crippen molar-refractivity contribution in [3.8, 4) is 17.2 Å². The van der Waals surface area contributed by atoms with Crippen molar-refractivity contribution in [3.05, 3.63) is 41.5 Å². The minimum atomic E-state index is -4.75. The van der Waals surface area contributed by atoms with Crippen LogP contribution in [-0.4, -0.2) is 33.1 Å². The number of benzene rings is 2. The average Bonchev–Trinajstić information content (AvgIpc) is 3.58. The van der Waals surface area contributed by atoms with Gasteiger partial charge >= 0.3 is 6.18 Å². The molecule has 7 nitrogen and oxygen atoms in total. The van der Waals surface area contributed by atoms with Crippen LogP contribution in [0.3, 0.4) is 0 Å². The maximum absolute atomic E-state index is 13.6. The third kappa shape index (κ3) is 5.01. The second kappa shape index (κ2) is 8.75. The number of carbonyl (C=O) groups excluding carboxylic acids is 2.